The van der Waals surface area contributed by atoms with Crippen molar-refractivity contribution in [2.75, 3.05) is 26.0 Å². The van der Waals surface area contributed by atoms with Crippen LogP contribution in [0.4, 0.5) is 0 Å². The molecule has 1 atom stereocenters. The van der Waals surface area contributed by atoms with Crippen LogP contribution in [0.5, 0.6) is 0 Å². The van der Waals surface area contributed by atoms with Gasteiger partial charge in [-0.2, -0.15) is 0 Å². The Morgan fingerprint density at radius 1 is 1.35 bits per heavy atom. The molecule has 3 rings (SSSR count). The molecule has 1 fully saturated rings. The van der Waals surface area contributed by atoms with Crippen molar-refractivity contribution in [3.63, 3.8) is 0 Å². The second kappa shape index (κ2) is 6.82. The van der Waals surface area contributed by atoms with Crippen LogP contribution in [0.25, 0.3) is 11.5 Å². The molecule has 1 aromatic carbocycles. The molecule has 1 saturated heterocycles. The van der Waals surface area contributed by atoms with Crippen LogP contribution in [0, 0.1) is 0 Å². The van der Waals surface area contributed by atoms with Gasteiger partial charge in [-0.25, -0.2) is 0 Å². The number of carbonyl (C=O) groups is 2. The first-order valence-corrected chi connectivity index (χ1v) is 8.09. The van der Waals surface area contributed by atoms with Gasteiger partial charge in [0.25, 0.3) is 5.91 Å². The minimum Gasteiger partial charge on any atom is -0.468 e. The molecule has 23 heavy (non-hydrogen) atoms. The maximum absolute atomic E-state index is 12.6. The lowest BCUT2D eigenvalue weighted by Crippen LogP contribution is -2.44. The fourth-order valence-corrected chi connectivity index (χ4v) is 3.47. The molecular formula is C15H15N3O4S. The summed E-state index contributed by atoms with van der Waals surface area (Å²) in [6.45, 7) is 0.976. The van der Waals surface area contributed by atoms with E-state index in [1.807, 2.05) is 0 Å². The highest BCUT2D eigenvalue weighted by Gasteiger charge is 2.30. The van der Waals surface area contributed by atoms with Gasteiger partial charge in [0.2, 0.25) is 12.3 Å². The predicted octanol–water partition coefficient (Wildman–Crippen LogP) is 1.47. The summed E-state index contributed by atoms with van der Waals surface area (Å²) in [4.78, 5) is 25.9. The van der Waals surface area contributed by atoms with E-state index in [9.17, 15) is 9.59 Å². The number of hydrogen-bond donors (Lipinski definition) is 0. The molecule has 0 bridgehead atoms. The van der Waals surface area contributed by atoms with Crippen LogP contribution >= 0.6 is 11.8 Å². The second-order valence-electron chi connectivity index (χ2n) is 4.95. The molecule has 2 aromatic rings. The van der Waals surface area contributed by atoms with Gasteiger partial charge in [0.05, 0.1) is 7.11 Å². The number of hydrogen-bond acceptors (Lipinski definition) is 7. The highest BCUT2D eigenvalue weighted by atomic mass is 32.2. The molecule has 2 heterocycles. The van der Waals surface area contributed by atoms with E-state index in [0.717, 1.165) is 5.56 Å². The lowest BCUT2D eigenvalue weighted by molar-refractivity contribution is -0.140. The fourth-order valence-electron chi connectivity index (χ4n) is 2.34. The van der Waals surface area contributed by atoms with Gasteiger partial charge >= 0.3 is 5.97 Å². The van der Waals surface area contributed by atoms with Crippen LogP contribution in [0.3, 0.4) is 0 Å². The van der Waals surface area contributed by atoms with Crippen molar-refractivity contribution >= 4 is 23.6 Å². The van der Waals surface area contributed by atoms with Crippen LogP contribution < -0.4 is 0 Å². The zero-order valence-electron chi connectivity index (χ0n) is 12.5. The van der Waals surface area contributed by atoms with Gasteiger partial charge in [-0.05, 0) is 24.3 Å². The van der Waals surface area contributed by atoms with E-state index in [-0.39, 0.29) is 17.1 Å². The lowest BCUT2D eigenvalue weighted by atomic mass is 10.1. The third-order valence-corrected chi connectivity index (χ3v) is 4.72. The van der Waals surface area contributed by atoms with E-state index in [4.69, 9.17) is 9.15 Å². The van der Waals surface area contributed by atoms with E-state index < -0.39 is 0 Å². The summed E-state index contributed by atoms with van der Waals surface area (Å²) in [7, 11) is 1.36. The fraction of sp³-hybridized carbons (Fsp3) is 0.333. The molecule has 120 valence electrons. The highest BCUT2D eigenvalue weighted by Crippen LogP contribution is 2.22. The van der Waals surface area contributed by atoms with Crippen molar-refractivity contribution in [3.05, 3.63) is 36.2 Å². The topological polar surface area (TPSA) is 85.5 Å². The zero-order chi connectivity index (χ0) is 16.2. The number of carbonyl (C=O) groups excluding carboxylic acids is 2. The number of thioether (sulfide) groups is 1. The average molecular weight is 333 g/mol. The Balaban J connectivity index is 1.71. The molecule has 0 saturated carbocycles. The molecule has 0 N–H and O–H groups in total. The first-order valence-electron chi connectivity index (χ1n) is 7.04. The van der Waals surface area contributed by atoms with Gasteiger partial charge in [0.15, 0.2) is 0 Å². The maximum atomic E-state index is 12.6. The summed E-state index contributed by atoms with van der Waals surface area (Å²) in [5.41, 5.74) is 1.31. The smallest absolute Gasteiger partial charge is 0.320 e. The molecule has 0 radical (unpaired) electrons. The van der Waals surface area contributed by atoms with Gasteiger partial charge in [-0.1, -0.05) is 0 Å². The SMILES string of the molecule is COC(=O)[C@@H]1CN(C(=O)c2ccc(-c3nnco3)cc2)CCS1. The standard InChI is InChI=1S/C15H15N3O4S/c1-21-15(20)12-8-18(6-7-23-12)14(19)11-4-2-10(3-5-11)13-17-16-9-22-13/h2-5,9,12H,6-8H2,1H3/t12-/m0/s1. The molecule has 7 nitrogen and oxygen atoms in total. The highest BCUT2D eigenvalue weighted by molar-refractivity contribution is 8.00. The van der Waals surface area contributed by atoms with Crippen molar-refractivity contribution < 1.29 is 18.7 Å². The number of ether oxygens (including phenoxy) is 1. The van der Waals surface area contributed by atoms with Crippen LogP contribution in [0.15, 0.2) is 35.1 Å². The van der Waals surface area contributed by atoms with Gasteiger partial charge in [0.1, 0.15) is 5.25 Å². The molecule has 0 spiro atoms. The van der Waals surface area contributed by atoms with Gasteiger partial charge in [-0.3, -0.25) is 9.59 Å². The Kier molecular flexibility index (Phi) is 4.61. The summed E-state index contributed by atoms with van der Waals surface area (Å²) in [5, 5.41) is 7.12. The average Bonchev–Trinajstić information content (AvgIpc) is 3.15. The molecule has 0 unspecified atom stereocenters. The molecule has 8 heteroatoms. The summed E-state index contributed by atoms with van der Waals surface area (Å²) < 4.78 is 9.88. The van der Waals surface area contributed by atoms with Gasteiger partial charge in [0, 0.05) is 30.0 Å². The number of methoxy groups -OCH3 is 1. The number of aromatic nitrogens is 2. The van der Waals surface area contributed by atoms with Gasteiger partial charge in [-0.15, -0.1) is 22.0 Å². The first-order chi connectivity index (χ1) is 11.2. The van der Waals surface area contributed by atoms with Crippen molar-refractivity contribution in [2.45, 2.75) is 5.25 Å². The normalized spacial score (nSPS) is 17.8. The summed E-state index contributed by atoms with van der Waals surface area (Å²) in [5.74, 6) is 0.727. The number of nitrogens with zero attached hydrogens (tertiary/aromatic N) is 3. The third-order valence-electron chi connectivity index (χ3n) is 3.56. The maximum Gasteiger partial charge on any atom is 0.320 e. The number of esters is 1. The van der Waals surface area contributed by atoms with E-state index in [0.29, 0.717) is 30.3 Å². The Bertz CT molecular complexity index is 687. The molecule has 1 aliphatic heterocycles. The van der Waals surface area contributed by atoms with E-state index in [2.05, 4.69) is 10.2 Å². The minimum atomic E-state index is -0.324. The third kappa shape index (κ3) is 3.37. The molecule has 1 aliphatic rings. The van der Waals surface area contributed by atoms with Crippen molar-refractivity contribution in [1.29, 1.82) is 0 Å². The van der Waals surface area contributed by atoms with Crippen molar-refractivity contribution in [1.82, 2.24) is 15.1 Å². The van der Waals surface area contributed by atoms with Crippen LogP contribution in [-0.4, -0.2) is 58.2 Å². The molecular weight excluding hydrogens is 318 g/mol. The Labute approximate surface area is 137 Å². The van der Waals surface area contributed by atoms with E-state index in [1.165, 1.54) is 25.3 Å². The second-order valence-corrected chi connectivity index (χ2v) is 6.27. The monoisotopic (exact) mass is 333 g/mol. The van der Waals surface area contributed by atoms with E-state index in [1.54, 1.807) is 29.2 Å². The van der Waals surface area contributed by atoms with Crippen LogP contribution in [0.1, 0.15) is 10.4 Å². The molecule has 1 aromatic heterocycles. The number of rotatable bonds is 3. The summed E-state index contributed by atoms with van der Waals surface area (Å²) >= 11 is 1.52. The Morgan fingerprint density at radius 2 is 2.13 bits per heavy atom. The van der Waals surface area contributed by atoms with Crippen molar-refractivity contribution in [2.24, 2.45) is 0 Å². The van der Waals surface area contributed by atoms with Crippen LogP contribution in [0.2, 0.25) is 0 Å². The lowest BCUT2D eigenvalue weighted by Gasteiger charge is -2.31. The largest absolute Gasteiger partial charge is 0.468 e. The zero-order valence-corrected chi connectivity index (χ0v) is 13.3. The predicted molar refractivity (Wildman–Crippen MR) is 83.9 cm³/mol. The minimum absolute atomic E-state index is 0.101. The van der Waals surface area contributed by atoms with Crippen molar-refractivity contribution in [3.8, 4) is 11.5 Å². The number of amides is 1. The quantitative estimate of drug-likeness (QED) is 0.786. The molecule has 0 aliphatic carbocycles. The first kappa shape index (κ1) is 15.5. The Hall–Kier alpha value is -2.35. The number of benzene rings is 1. The summed E-state index contributed by atoms with van der Waals surface area (Å²) in [6.07, 6.45) is 1.26. The van der Waals surface area contributed by atoms with E-state index >= 15 is 0 Å². The van der Waals surface area contributed by atoms with Crippen LogP contribution in [-0.2, 0) is 9.53 Å². The Morgan fingerprint density at radius 3 is 2.78 bits per heavy atom. The summed E-state index contributed by atoms with van der Waals surface area (Å²) in [6, 6.07) is 6.96. The molecule has 1 amide bonds. The van der Waals surface area contributed by atoms with Gasteiger partial charge < -0.3 is 14.1 Å².